The number of amides is 1. The lowest BCUT2D eigenvalue weighted by Crippen LogP contribution is -2.35. The second-order valence-corrected chi connectivity index (χ2v) is 6.46. The lowest BCUT2D eigenvalue weighted by Gasteiger charge is -2.26. The number of benzene rings is 2. The fourth-order valence-corrected chi connectivity index (χ4v) is 3.28. The molecule has 2 N–H and O–H groups in total. The van der Waals surface area contributed by atoms with Gasteiger partial charge in [0.15, 0.2) is 0 Å². The van der Waals surface area contributed by atoms with E-state index in [1.807, 2.05) is 31.2 Å². The largest absolute Gasteiger partial charge is 0.376 e. The Balaban J connectivity index is 1.61. The third-order valence-electron chi connectivity index (χ3n) is 4.34. The number of fused-ring (bicyclic) bond motifs is 1. The van der Waals surface area contributed by atoms with Gasteiger partial charge in [0.25, 0.3) is 0 Å². The molecule has 1 aliphatic carbocycles. The molecular weight excluding hydrogens is 308 g/mol. The van der Waals surface area contributed by atoms with Crippen LogP contribution in [-0.4, -0.2) is 12.5 Å². The van der Waals surface area contributed by atoms with Crippen molar-refractivity contribution in [2.45, 2.75) is 32.2 Å². The zero-order valence-electron chi connectivity index (χ0n) is 13.2. The molecule has 1 amide bonds. The Morgan fingerprint density at radius 2 is 2.09 bits per heavy atom. The fraction of sp³-hybridized carbons (Fsp3) is 0.316. The van der Waals surface area contributed by atoms with Crippen molar-refractivity contribution in [2.75, 3.05) is 11.9 Å². The molecule has 0 aliphatic heterocycles. The molecule has 2 aromatic rings. The van der Waals surface area contributed by atoms with Crippen molar-refractivity contribution in [1.29, 1.82) is 0 Å². The third kappa shape index (κ3) is 3.85. The number of hydrogen-bond donors (Lipinski definition) is 2. The van der Waals surface area contributed by atoms with Gasteiger partial charge in [-0.05, 0) is 55.0 Å². The molecule has 0 saturated heterocycles. The van der Waals surface area contributed by atoms with Crippen molar-refractivity contribution >= 4 is 23.2 Å². The molecule has 23 heavy (non-hydrogen) atoms. The molecule has 1 atom stereocenters. The summed E-state index contributed by atoms with van der Waals surface area (Å²) in [4.78, 5) is 12.3. The minimum atomic E-state index is 0.00563. The van der Waals surface area contributed by atoms with E-state index in [2.05, 4.69) is 28.8 Å². The van der Waals surface area contributed by atoms with E-state index in [0.29, 0.717) is 5.02 Å². The van der Waals surface area contributed by atoms with Crippen LogP contribution in [0.15, 0.2) is 42.5 Å². The normalized spacial score (nSPS) is 16.5. The predicted octanol–water partition coefficient (Wildman–Crippen LogP) is 4.25. The summed E-state index contributed by atoms with van der Waals surface area (Å²) in [6, 6.07) is 14.1. The van der Waals surface area contributed by atoms with Crippen LogP contribution in [0, 0.1) is 6.92 Å². The summed E-state index contributed by atoms with van der Waals surface area (Å²) in [5.74, 6) is 0.00563. The maximum absolute atomic E-state index is 12.3. The van der Waals surface area contributed by atoms with Gasteiger partial charge in [-0.2, -0.15) is 0 Å². The number of carbonyl (C=O) groups excluding carboxylic acids is 1. The smallest absolute Gasteiger partial charge is 0.239 e. The summed E-state index contributed by atoms with van der Waals surface area (Å²) < 4.78 is 0. The Labute approximate surface area is 142 Å². The van der Waals surface area contributed by atoms with Crippen LogP contribution in [0.3, 0.4) is 0 Å². The van der Waals surface area contributed by atoms with Crippen LogP contribution < -0.4 is 10.6 Å². The number of carbonyl (C=O) groups is 1. The molecule has 1 aliphatic rings. The molecule has 3 nitrogen and oxygen atoms in total. The maximum Gasteiger partial charge on any atom is 0.239 e. The van der Waals surface area contributed by atoms with E-state index in [-0.39, 0.29) is 18.5 Å². The van der Waals surface area contributed by atoms with Crippen LogP contribution in [0.1, 0.15) is 35.6 Å². The summed E-state index contributed by atoms with van der Waals surface area (Å²) in [5, 5.41) is 6.98. The van der Waals surface area contributed by atoms with Crippen molar-refractivity contribution in [3.8, 4) is 0 Å². The molecular formula is C19H21ClN2O. The van der Waals surface area contributed by atoms with Gasteiger partial charge < -0.3 is 10.6 Å². The van der Waals surface area contributed by atoms with Crippen LogP contribution in [0.4, 0.5) is 5.69 Å². The van der Waals surface area contributed by atoms with Gasteiger partial charge in [-0.15, -0.1) is 0 Å². The first kappa shape index (κ1) is 15.9. The van der Waals surface area contributed by atoms with Crippen molar-refractivity contribution < 1.29 is 4.79 Å². The topological polar surface area (TPSA) is 41.1 Å². The summed E-state index contributed by atoms with van der Waals surface area (Å²) >= 11 is 6.00. The number of rotatable bonds is 4. The molecule has 120 valence electrons. The van der Waals surface area contributed by atoms with E-state index < -0.39 is 0 Å². The second kappa shape index (κ2) is 7.05. The van der Waals surface area contributed by atoms with Crippen LogP contribution in [-0.2, 0) is 11.2 Å². The molecule has 3 rings (SSSR count). The van der Waals surface area contributed by atoms with Gasteiger partial charge in [-0.3, -0.25) is 4.79 Å². The van der Waals surface area contributed by atoms with Gasteiger partial charge >= 0.3 is 0 Å². The first-order valence-corrected chi connectivity index (χ1v) is 8.38. The second-order valence-electron chi connectivity index (χ2n) is 6.02. The van der Waals surface area contributed by atoms with Gasteiger partial charge in [0.05, 0.1) is 12.6 Å². The highest BCUT2D eigenvalue weighted by molar-refractivity contribution is 6.30. The molecule has 4 heteroatoms. The van der Waals surface area contributed by atoms with E-state index in [0.717, 1.165) is 30.5 Å². The molecule has 2 aromatic carbocycles. The van der Waals surface area contributed by atoms with Crippen LogP contribution >= 0.6 is 11.6 Å². The van der Waals surface area contributed by atoms with Crippen LogP contribution in [0.2, 0.25) is 5.02 Å². The summed E-state index contributed by atoms with van der Waals surface area (Å²) in [6.07, 6.45) is 3.21. The standard InChI is InChI=1S/C19H21ClN2O/c1-13-9-10-15(20)11-18(13)21-12-19(23)22-17-8-4-6-14-5-2-3-7-16(14)17/h2-3,5,7,9-11,17,21H,4,6,8,12H2,1H3,(H,22,23). The first-order valence-electron chi connectivity index (χ1n) is 8.00. The average Bonchev–Trinajstić information content (AvgIpc) is 2.56. The molecule has 0 aromatic heterocycles. The average molecular weight is 329 g/mol. The Hall–Kier alpha value is -2.00. The number of anilines is 1. The monoisotopic (exact) mass is 328 g/mol. The van der Waals surface area contributed by atoms with Gasteiger partial charge in [-0.1, -0.05) is 41.9 Å². The Bertz CT molecular complexity index is 714. The molecule has 0 saturated carbocycles. The SMILES string of the molecule is Cc1ccc(Cl)cc1NCC(=O)NC1CCCc2ccccc21. The number of hydrogen-bond acceptors (Lipinski definition) is 2. The molecule has 1 unspecified atom stereocenters. The van der Waals surface area contributed by atoms with E-state index in [4.69, 9.17) is 11.6 Å². The van der Waals surface area contributed by atoms with Crippen LogP contribution in [0.5, 0.6) is 0 Å². The lowest BCUT2D eigenvalue weighted by atomic mass is 9.88. The summed E-state index contributed by atoms with van der Waals surface area (Å²) in [5.41, 5.74) is 4.58. The summed E-state index contributed by atoms with van der Waals surface area (Å²) in [7, 11) is 0. The van der Waals surface area contributed by atoms with Gasteiger partial charge in [0.2, 0.25) is 5.91 Å². The van der Waals surface area contributed by atoms with Crippen molar-refractivity contribution in [2.24, 2.45) is 0 Å². The minimum Gasteiger partial charge on any atom is -0.376 e. The van der Waals surface area contributed by atoms with Gasteiger partial charge in [0, 0.05) is 10.7 Å². The van der Waals surface area contributed by atoms with Gasteiger partial charge in [0.1, 0.15) is 0 Å². The maximum atomic E-state index is 12.3. The minimum absolute atomic E-state index is 0.00563. The van der Waals surface area contributed by atoms with Crippen LogP contribution in [0.25, 0.3) is 0 Å². The number of nitrogens with one attached hydrogen (secondary N) is 2. The van der Waals surface area contributed by atoms with E-state index in [9.17, 15) is 4.79 Å². The third-order valence-corrected chi connectivity index (χ3v) is 4.58. The van der Waals surface area contributed by atoms with E-state index in [1.54, 1.807) is 0 Å². The number of halogens is 1. The highest BCUT2D eigenvalue weighted by atomic mass is 35.5. The molecule has 0 fully saturated rings. The van der Waals surface area contributed by atoms with Crippen molar-refractivity contribution in [1.82, 2.24) is 5.32 Å². The molecule has 0 spiro atoms. The fourth-order valence-electron chi connectivity index (χ4n) is 3.11. The zero-order chi connectivity index (χ0) is 16.2. The number of aryl methyl sites for hydroxylation is 2. The Kier molecular flexibility index (Phi) is 4.87. The Morgan fingerprint density at radius 1 is 1.26 bits per heavy atom. The first-order chi connectivity index (χ1) is 11.1. The van der Waals surface area contributed by atoms with Gasteiger partial charge in [-0.25, -0.2) is 0 Å². The van der Waals surface area contributed by atoms with Crippen molar-refractivity contribution in [3.63, 3.8) is 0 Å². The van der Waals surface area contributed by atoms with E-state index in [1.165, 1.54) is 11.1 Å². The predicted molar refractivity (Wildman–Crippen MR) is 94.9 cm³/mol. The lowest BCUT2D eigenvalue weighted by molar-refractivity contribution is -0.120. The highest BCUT2D eigenvalue weighted by Crippen LogP contribution is 2.29. The molecule has 0 heterocycles. The van der Waals surface area contributed by atoms with Crippen molar-refractivity contribution in [3.05, 3.63) is 64.2 Å². The summed E-state index contributed by atoms with van der Waals surface area (Å²) in [6.45, 7) is 2.24. The van der Waals surface area contributed by atoms with E-state index >= 15 is 0 Å². The zero-order valence-corrected chi connectivity index (χ0v) is 14.0. The Morgan fingerprint density at radius 3 is 2.96 bits per heavy atom. The molecule has 0 bridgehead atoms. The molecule has 0 radical (unpaired) electrons. The quantitative estimate of drug-likeness (QED) is 0.880. The highest BCUT2D eigenvalue weighted by Gasteiger charge is 2.21.